The average molecular weight is 277 g/mol. The Hall–Kier alpha value is -1.91. The first-order valence-corrected chi connectivity index (χ1v) is 6.10. The summed E-state index contributed by atoms with van der Waals surface area (Å²) in [4.78, 5) is 4.29. The molecule has 0 amide bonds. The van der Waals surface area contributed by atoms with Crippen molar-refractivity contribution in [3.05, 3.63) is 52.8 Å². The molecule has 0 aliphatic heterocycles. The van der Waals surface area contributed by atoms with Crippen LogP contribution in [0.2, 0.25) is 5.02 Å². The van der Waals surface area contributed by atoms with E-state index in [4.69, 9.17) is 21.8 Å². The van der Waals surface area contributed by atoms with Gasteiger partial charge in [-0.3, -0.25) is 0 Å². The number of fused-ring (bicyclic) bond motifs is 1. The van der Waals surface area contributed by atoms with Crippen molar-refractivity contribution in [2.75, 3.05) is 0 Å². The first-order valence-electron chi connectivity index (χ1n) is 5.72. The van der Waals surface area contributed by atoms with Crippen molar-refractivity contribution < 1.29 is 8.81 Å². The predicted molar refractivity (Wildman–Crippen MR) is 72.3 cm³/mol. The number of nitrogens with two attached hydrogens (primary N) is 1. The lowest BCUT2D eigenvalue weighted by Gasteiger charge is -1.97. The zero-order chi connectivity index (χ0) is 13.4. The minimum Gasteiger partial charge on any atom is -0.436 e. The molecular formula is C14H10ClFN2O. The highest BCUT2D eigenvalue weighted by molar-refractivity contribution is 6.31. The monoisotopic (exact) mass is 276 g/mol. The standard InChI is InChI=1S/C14H10ClFN2O/c15-10-5-12-13(6-11(10)16)19-14(18-12)9-3-1-8(7-17)2-4-9/h1-6H,7,17H2. The summed E-state index contributed by atoms with van der Waals surface area (Å²) in [5, 5.41) is 0.0332. The van der Waals surface area contributed by atoms with Crippen LogP contribution in [0.3, 0.4) is 0 Å². The Morgan fingerprint density at radius 1 is 1.21 bits per heavy atom. The van der Waals surface area contributed by atoms with E-state index in [0.717, 1.165) is 11.1 Å². The lowest BCUT2D eigenvalue weighted by Crippen LogP contribution is -1.95. The van der Waals surface area contributed by atoms with Crippen molar-refractivity contribution in [2.24, 2.45) is 5.73 Å². The minimum atomic E-state index is -0.518. The number of benzene rings is 2. The van der Waals surface area contributed by atoms with Crippen molar-refractivity contribution in [1.29, 1.82) is 0 Å². The number of oxazole rings is 1. The highest BCUT2D eigenvalue weighted by atomic mass is 35.5. The van der Waals surface area contributed by atoms with E-state index in [1.807, 2.05) is 24.3 Å². The number of nitrogens with zero attached hydrogens (tertiary/aromatic N) is 1. The van der Waals surface area contributed by atoms with Crippen molar-refractivity contribution in [3.63, 3.8) is 0 Å². The van der Waals surface area contributed by atoms with Gasteiger partial charge in [0.25, 0.3) is 0 Å². The summed E-state index contributed by atoms with van der Waals surface area (Å²) in [6.07, 6.45) is 0. The molecule has 0 saturated heterocycles. The third kappa shape index (κ3) is 2.20. The van der Waals surface area contributed by atoms with Crippen molar-refractivity contribution in [3.8, 4) is 11.5 Å². The Morgan fingerprint density at radius 2 is 1.95 bits per heavy atom. The van der Waals surface area contributed by atoms with Crippen molar-refractivity contribution in [1.82, 2.24) is 4.98 Å². The second kappa shape index (κ2) is 4.64. The molecule has 96 valence electrons. The molecule has 1 aromatic heterocycles. The quantitative estimate of drug-likeness (QED) is 0.775. The molecule has 3 rings (SSSR count). The maximum absolute atomic E-state index is 13.3. The fourth-order valence-corrected chi connectivity index (χ4v) is 1.99. The van der Waals surface area contributed by atoms with E-state index in [-0.39, 0.29) is 5.02 Å². The fourth-order valence-electron chi connectivity index (χ4n) is 1.83. The van der Waals surface area contributed by atoms with Gasteiger partial charge in [-0.25, -0.2) is 9.37 Å². The summed E-state index contributed by atoms with van der Waals surface area (Å²) < 4.78 is 18.8. The molecule has 0 unspecified atom stereocenters. The van der Waals surface area contributed by atoms with Gasteiger partial charge in [-0.15, -0.1) is 0 Å². The Bertz CT molecular complexity index is 698. The second-order valence-electron chi connectivity index (χ2n) is 4.15. The number of aromatic nitrogens is 1. The van der Waals surface area contributed by atoms with Crippen LogP contribution in [0.15, 0.2) is 40.8 Å². The maximum atomic E-state index is 13.3. The highest BCUT2D eigenvalue weighted by Crippen LogP contribution is 2.28. The zero-order valence-electron chi connectivity index (χ0n) is 9.86. The summed E-state index contributed by atoms with van der Waals surface area (Å²) in [6, 6.07) is 10.2. The Kier molecular flexibility index (Phi) is 2.97. The molecule has 3 nitrogen and oxygen atoms in total. The number of hydrogen-bond donors (Lipinski definition) is 1. The number of hydrogen-bond acceptors (Lipinski definition) is 3. The maximum Gasteiger partial charge on any atom is 0.227 e. The molecular weight excluding hydrogens is 267 g/mol. The van der Waals surface area contributed by atoms with E-state index in [2.05, 4.69) is 4.98 Å². The second-order valence-corrected chi connectivity index (χ2v) is 4.56. The average Bonchev–Trinajstić information content (AvgIpc) is 2.82. The van der Waals surface area contributed by atoms with Gasteiger partial charge in [0.2, 0.25) is 5.89 Å². The topological polar surface area (TPSA) is 52.0 Å². The third-order valence-corrected chi connectivity index (χ3v) is 3.16. The molecule has 0 fully saturated rings. The van der Waals surface area contributed by atoms with Crippen LogP contribution in [-0.2, 0) is 6.54 Å². The van der Waals surface area contributed by atoms with Crippen LogP contribution in [0.1, 0.15) is 5.56 Å². The summed E-state index contributed by atoms with van der Waals surface area (Å²) in [6.45, 7) is 0.481. The Balaban J connectivity index is 2.09. The summed E-state index contributed by atoms with van der Waals surface area (Å²) in [5.74, 6) is -0.0874. The van der Waals surface area contributed by atoms with E-state index in [1.165, 1.54) is 12.1 Å². The zero-order valence-corrected chi connectivity index (χ0v) is 10.6. The minimum absolute atomic E-state index is 0.0332. The van der Waals surface area contributed by atoms with Gasteiger partial charge in [0.05, 0.1) is 5.02 Å². The smallest absolute Gasteiger partial charge is 0.227 e. The molecule has 2 aromatic carbocycles. The molecule has 2 N–H and O–H groups in total. The molecule has 0 aliphatic rings. The molecule has 0 saturated carbocycles. The summed E-state index contributed by atoms with van der Waals surface area (Å²) in [5.41, 5.74) is 8.28. The highest BCUT2D eigenvalue weighted by Gasteiger charge is 2.11. The van der Waals surface area contributed by atoms with Gasteiger partial charge in [0, 0.05) is 18.2 Å². The predicted octanol–water partition coefficient (Wildman–Crippen LogP) is 3.75. The molecule has 0 bridgehead atoms. The lowest BCUT2D eigenvalue weighted by atomic mass is 10.1. The van der Waals surface area contributed by atoms with Gasteiger partial charge >= 0.3 is 0 Å². The lowest BCUT2D eigenvalue weighted by molar-refractivity contribution is 0.602. The summed E-state index contributed by atoms with van der Waals surface area (Å²) in [7, 11) is 0. The van der Waals surface area contributed by atoms with Crippen molar-refractivity contribution in [2.45, 2.75) is 6.54 Å². The summed E-state index contributed by atoms with van der Waals surface area (Å²) >= 11 is 5.71. The number of rotatable bonds is 2. The van der Waals surface area contributed by atoms with Crippen LogP contribution in [0.4, 0.5) is 4.39 Å². The van der Waals surface area contributed by atoms with Crippen LogP contribution in [-0.4, -0.2) is 4.98 Å². The van der Waals surface area contributed by atoms with Crippen molar-refractivity contribution >= 4 is 22.7 Å². The molecule has 0 radical (unpaired) electrons. The normalized spacial score (nSPS) is 11.1. The molecule has 5 heteroatoms. The van der Waals surface area contributed by atoms with Gasteiger partial charge in [-0.05, 0) is 23.8 Å². The first-order chi connectivity index (χ1) is 9.17. The third-order valence-electron chi connectivity index (χ3n) is 2.87. The number of halogens is 2. The van der Waals surface area contributed by atoms with Gasteiger partial charge in [-0.1, -0.05) is 23.7 Å². The Morgan fingerprint density at radius 3 is 2.63 bits per heavy atom. The molecule has 19 heavy (non-hydrogen) atoms. The van der Waals surface area contributed by atoms with Crippen LogP contribution >= 0.6 is 11.6 Å². The van der Waals surface area contributed by atoms with Gasteiger partial charge in [0.15, 0.2) is 5.58 Å². The van der Waals surface area contributed by atoms with E-state index in [0.29, 0.717) is 23.5 Å². The molecule has 3 aromatic rings. The van der Waals surface area contributed by atoms with E-state index in [1.54, 1.807) is 0 Å². The first kappa shape index (κ1) is 12.1. The SMILES string of the molecule is NCc1ccc(-c2nc3cc(Cl)c(F)cc3o2)cc1. The van der Waals surface area contributed by atoms with Crippen LogP contribution in [0, 0.1) is 5.82 Å². The molecule has 1 heterocycles. The fraction of sp³-hybridized carbons (Fsp3) is 0.0714. The largest absolute Gasteiger partial charge is 0.436 e. The molecule has 0 aliphatic carbocycles. The molecule has 0 spiro atoms. The van der Waals surface area contributed by atoms with E-state index in [9.17, 15) is 4.39 Å². The van der Waals surface area contributed by atoms with Gasteiger partial charge < -0.3 is 10.2 Å². The van der Waals surface area contributed by atoms with Gasteiger partial charge in [-0.2, -0.15) is 0 Å². The van der Waals surface area contributed by atoms with Crippen LogP contribution in [0.25, 0.3) is 22.6 Å². The van der Waals surface area contributed by atoms with Crippen LogP contribution in [0.5, 0.6) is 0 Å². The molecule has 0 atom stereocenters. The Labute approximate surface area is 113 Å². The van der Waals surface area contributed by atoms with Gasteiger partial charge in [0.1, 0.15) is 11.3 Å². The van der Waals surface area contributed by atoms with E-state index >= 15 is 0 Å². The van der Waals surface area contributed by atoms with E-state index < -0.39 is 5.82 Å². The van der Waals surface area contributed by atoms with Crippen LogP contribution < -0.4 is 5.73 Å².